The summed E-state index contributed by atoms with van der Waals surface area (Å²) >= 11 is 0. The maximum Gasteiger partial charge on any atom is 0.277 e. The smallest absolute Gasteiger partial charge is 0.277 e. The van der Waals surface area contributed by atoms with Crippen molar-refractivity contribution < 1.29 is 14.3 Å². The van der Waals surface area contributed by atoms with Crippen LogP contribution in [0.1, 0.15) is 38.3 Å². The van der Waals surface area contributed by atoms with E-state index in [0.29, 0.717) is 12.0 Å². The van der Waals surface area contributed by atoms with Crippen molar-refractivity contribution in [2.45, 2.75) is 25.3 Å². The largest absolute Gasteiger partial charge is 0.502 e. The number of pyridine rings is 1. The van der Waals surface area contributed by atoms with E-state index >= 15 is 0 Å². The lowest BCUT2D eigenvalue weighted by atomic mass is 9.81. The maximum atomic E-state index is 14.5. The highest BCUT2D eigenvalue weighted by Crippen LogP contribution is 2.57. The number of hydrogen-bond acceptors (Lipinski definition) is 4. The third-order valence-corrected chi connectivity index (χ3v) is 7.50. The summed E-state index contributed by atoms with van der Waals surface area (Å²) in [5, 5.41) is 12.6. The molecule has 1 amide bonds. The molecule has 0 fully saturated rings. The van der Waals surface area contributed by atoms with Gasteiger partial charge in [-0.05, 0) is 53.6 Å². The molecule has 32 heavy (non-hydrogen) atoms. The van der Waals surface area contributed by atoms with Crippen molar-refractivity contribution in [3.05, 3.63) is 98.2 Å². The molecule has 2 aromatic carbocycles. The Morgan fingerprint density at radius 1 is 1.06 bits per heavy atom. The molecule has 0 bridgehead atoms. The van der Waals surface area contributed by atoms with E-state index in [1.165, 1.54) is 22.6 Å². The molecule has 0 spiro atoms. The normalized spacial score (nSPS) is 23.1. The van der Waals surface area contributed by atoms with Gasteiger partial charge in [-0.15, -0.1) is 0 Å². The van der Waals surface area contributed by atoms with Crippen LogP contribution in [0.4, 0.5) is 4.39 Å². The van der Waals surface area contributed by atoms with Gasteiger partial charge in [-0.2, -0.15) is 0 Å². The molecule has 3 aromatic rings. The standard InChI is InChI=1S/C25H22FN3O3/c1-14-17-12-16-11-15-5-3-4-6-18(15)25(16,19(17)7-8-20(14)26)29-13-27(2)24(32)22-23(31)21(30)9-10-28(22)29/h3-10,16,31H,11-13H2,1-2H3. The Bertz CT molecular complexity index is 1380. The molecule has 1 aliphatic heterocycles. The van der Waals surface area contributed by atoms with Gasteiger partial charge in [0.05, 0.1) is 0 Å². The van der Waals surface area contributed by atoms with E-state index < -0.39 is 22.6 Å². The van der Waals surface area contributed by atoms with E-state index in [0.717, 1.165) is 23.1 Å². The average Bonchev–Trinajstić information content (AvgIpc) is 3.27. The van der Waals surface area contributed by atoms with Crippen LogP contribution >= 0.6 is 0 Å². The fourth-order valence-electron chi connectivity index (χ4n) is 6.08. The fraction of sp³-hybridized carbons (Fsp3) is 0.280. The van der Waals surface area contributed by atoms with Gasteiger partial charge in [-0.25, -0.2) is 4.39 Å². The van der Waals surface area contributed by atoms with Crippen LogP contribution in [0.2, 0.25) is 0 Å². The quantitative estimate of drug-likeness (QED) is 0.644. The van der Waals surface area contributed by atoms with Gasteiger partial charge in [0, 0.05) is 25.2 Å². The Morgan fingerprint density at radius 2 is 1.84 bits per heavy atom. The van der Waals surface area contributed by atoms with Gasteiger partial charge in [-0.3, -0.25) is 19.3 Å². The predicted octanol–water partition coefficient (Wildman–Crippen LogP) is 2.65. The summed E-state index contributed by atoms with van der Waals surface area (Å²) in [7, 11) is 1.66. The second-order valence-electron chi connectivity index (χ2n) is 8.99. The number of rotatable bonds is 1. The highest BCUT2D eigenvalue weighted by Gasteiger charge is 2.58. The molecule has 6 rings (SSSR count). The van der Waals surface area contributed by atoms with Crippen LogP contribution in [0, 0.1) is 18.7 Å². The number of carbonyl (C=O) groups excluding carboxylic acids is 1. The van der Waals surface area contributed by atoms with E-state index in [-0.39, 0.29) is 24.1 Å². The van der Waals surface area contributed by atoms with Crippen LogP contribution in [0.15, 0.2) is 53.5 Å². The number of benzene rings is 2. The van der Waals surface area contributed by atoms with E-state index in [1.54, 1.807) is 17.9 Å². The van der Waals surface area contributed by atoms with Crippen LogP contribution in [0.3, 0.4) is 0 Å². The van der Waals surface area contributed by atoms with Crippen LogP contribution in [-0.2, 0) is 18.4 Å². The third kappa shape index (κ3) is 2.13. The van der Waals surface area contributed by atoms with Crippen LogP contribution in [0.25, 0.3) is 0 Å². The zero-order chi connectivity index (χ0) is 22.4. The molecule has 0 radical (unpaired) electrons. The number of aromatic nitrogens is 1. The van der Waals surface area contributed by atoms with Crippen molar-refractivity contribution >= 4 is 5.91 Å². The van der Waals surface area contributed by atoms with Crippen molar-refractivity contribution in [1.29, 1.82) is 0 Å². The molecule has 6 nitrogen and oxygen atoms in total. The van der Waals surface area contributed by atoms with Gasteiger partial charge in [-0.1, -0.05) is 30.3 Å². The van der Waals surface area contributed by atoms with Crippen molar-refractivity contribution in [2.24, 2.45) is 5.92 Å². The van der Waals surface area contributed by atoms with E-state index in [9.17, 15) is 19.1 Å². The Labute approximate surface area is 184 Å². The highest BCUT2D eigenvalue weighted by atomic mass is 19.1. The molecule has 3 aliphatic rings. The molecule has 2 atom stereocenters. The molecule has 162 valence electrons. The molecule has 2 unspecified atom stereocenters. The minimum absolute atomic E-state index is 0.0453. The van der Waals surface area contributed by atoms with E-state index in [4.69, 9.17) is 0 Å². The molecule has 2 aliphatic carbocycles. The van der Waals surface area contributed by atoms with E-state index in [1.807, 2.05) is 25.1 Å². The summed E-state index contributed by atoms with van der Waals surface area (Å²) in [6.45, 7) is 2.08. The van der Waals surface area contributed by atoms with Crippen molar-refractivity contribution in [3.8, 4) is 5.75 Å². The monoisotopic (exact) mass is 431 g/mol. The number of hydrogen-bond donors (Lipinski definition) is 1. The van der Waals surface area contributed by atoms with Crippen LogP contribution in [0.5, 0.6) is 5.75 Å². The van der Waals surface area contributed by atoms with Gasteiger partial charge in [0.15, 0.2) is 11.4 Å². The minimum atomic E-state index is -0.657. The van der Waals surface area contributed by atoms with Gasteiger partial charge in [0.25, 0.3) is 5.91 Å². The van der Waals surface area contributed by atoms with Crippen molar-refractivity contribution in [2.75, 3.05) is 18.7 Å². The fourth-order valence-corrected chi connectivity index (χ4v) is 6.08. The van der Waals surface area contributed by atoms with Crippen LogP contribution < -0.4 is 10.4 Å². The number of carbonyl (C=O) groups is 1. The lowest BCUT2D eigenvalue weighted by Gasteiger charge is -2.50. The maximum absolute atomic E-state index is 14.5. The molecule has 0 saturated carbocycles. The Hall–Kier alpha value is -3.61. The first kappa shape index (κ1) is 19.1. The summed E-state index contributed by atoms with van der Waals surface area (Å²) in [4.78, 5) is 26.7. The molecule has 2 heterocycles. The number of halogens is 1. The zero-order valence-corrected chi connectivity index (χ0v) is 17.8. The summed E-state index contributed by atoms with van der Waals surface area (Å²) in [5.41, 5.74) is 3.70. The lowest BCUT2D eigenvalue weighted by Crippen LogP contribution is -2.62. The zero-order valence-electron chi connectivity index (χ0n) is 17.8. The first-order chi connectivity index (χ1) is 15.4. The SMILES string of the molecule is Cc1c(F)ccc2c1CC1Cc3ccccc3C21N1CN(C)C(=O)c2c(O)c(=O)ccn21. The summed E-state index contributed by atoms with van der Waals surface area (Å²) in [5.74, 6) is -1.07. The molecular weight excluding hydrogens is 409 g/mol. The van der Waals surface area contributed by atoms with Crippen LogP contribution in [-0.4, -0.2) is 34.3 Å². The van der Waals surface area contributed by atoms with Gasteiger partial charge in [0.2, 0.25) is 5.43 Å². The van der Waals surface area contributed by atoms with Crippen molar-refractivity contribution in [3.63, 3.8) is 0 Å². The Kier molecular flexibility index (Phi) is 3.71. The second-order valence-corrected chi connectivity index (χ2v) is 8.99. The first-order valence-corrected chi connectivity index (χ1v) is 10.7. The summed E-state index contributed by atoms with van der Waals surface area (Å²) in [6.07, 6.45) is 3.09. The Balaban J connectivity index is 1.71. The molecule has 1 N–H and O–H groups in total. The minimum Gasteiger partial charge on any atom is -0.502 e. The van der Waals surface area contributed by atoms with Gasteiger partial charge < -0.3 is 10.0 Å². The summed E-state index contributed by atoms with van der Waals surface area (Å²) in [6, 6.07) is 12.9. The lowest BCUT2D eigenvalue weighted by molar-refractivity contribution is 0.0697. The molecule has 1 aromatic heterocycles. The van der Waals surface area contributed by atoms with Crippen molar-refractivity contribution in [1.82, 2.24) is 9.58 Å². The number of nitrogens with zero attached hydrogens (tertiary/aromatic N) is 3. The average molecular weight is 431 g/mol. The molecule has 7 heteroatoms. The topological polar surface area (TPSA) is 65.8 Å². The molecule has 0 saturated heterocycles. The number of amides is 1. The number of fused-ring (bicyclic) bond motifs is 6. The van der Waals surface area contributed by atoms with E-state index in [2.05, 4.69) is 17.1 Å². The summed E-state index contributed by atoms with van der Waals surface area (Å²) < 4.78 is 16.2. The second kappa shape index (κ2) is 6.22. The van der Waals surface area contributed by atoms with Gasteiger partial charge in [0.1, 0.15) is 18.0 Å². The highest BCUT2D eigenvalue weighted by molar-refractivity contribution is 5.96. The third-order valence-electron chi connectivity index (χ3n) is 7.50. The first-order valence-electron chi connectivity index (χ1n) is 10.7. The van der Waals surface area contributed by atoms with Gasteiger partial charge >= 0.3 is 0 Å². The molecular formula is C25H22FN3O3. The number of aromatic hydroxyl groups is 1. The Morgan fingerprint density at radius 3 is 2.66 bits per heavy atom. The predicted molar refractivity (Wildman–Crippen MR) is 117 cm³/mol.